The molecule has 2 aromatic carbocycles. The molecule has 1 aliphatic rings. The summed E-state index contributed by atoms with van der Waals surface area (Å²) in [5.41, 5.74) is 2.78. The third-order valence-corrected chi connectivity index (χ3v) is 4.40. The minimum Gasteiger partial charge on any atom is -0.445 e. The topological polar surface area (TPSA) is 72.1 Å². The number of hydrogen-bond donors (Lipinski definition) is 2. The van der Waals surface area contributed by atoms with Crippen LogP contribution in [0.4, 0.5) is 29.3 Å². The van der Waals surface area contributed by atoms with E-state index in [1.807, 2.05) is 13.8 Å². The van der Waals surface area contributed by atoms with Gasteiger partial charge in [0.25, 0.3) is 0 Å². The van der Waals surface area contributed by atoms with E-state index in [0.29, 0.717) is 5.56 Å². The first-order chi connectivity index (χ1) is 15.8. The molecule has 0 saturated carbocycles. The van der Waals surface area contributed by atoms with Crippen LogP contribution in [0.15, 0.2) is 30.8 Å². The van der Waals surface area contributed by atoms with Gasteiger partial charge in [-0.3, -0.25) is 15.2 Å². The molecule has 0 aromatic heterocycles. The number of rotatable bonds is 8. The smallest absolute Gasteiger partial charge is 0.434 e. The zero-order valence-corrected chi connectivity index (χ0v) is 19.1. The second-order valence-corrected chi connectivity index (χ2v) is 6.69. The summed E-state index contributed by atoms with van der Waals surface area (Å²) < 4.78 is 49.1. The Morgan fingerprint density at radius 3 is 2.55 bits per heavy atom. The SMILES string of the molecule is C=C(NOCC)c1cc(CN2OCCOC2=O)c(F)c(F)c1Nc1ccc(C)cc1F.CC. The molecule has 10 heteroatoms. The third kappa shape index (κ3) is 6.39. The highest BCUT2D eigenvalue weighted by atomic mass is 19.2. The molecule has 1 aliphatic heterocycles. The quantitative estimate of drug-likeness (QED) is 0.494. The Kier molecular flexibility index (Phi) is 9.56. The molecule has 33 heavy (non-hydrogen) atoms. The lowest BCUT2D eigenvalue weighted by molar-refractivity contribution is -0.181. The second kappa shape index (κ2) is 12.1. The highest BCUT2D eigenvalue weighted by Gasteiger charge is 2.26. The maximum atomic E-state index is 15.1. The van der Waals surface area contributed by atoms with Crippen LogP contribution in [-0.4, -0.2) is 31.0 Å². The van der Waals surface area contributed by atoms with Gasteiger partial charge in [-0.1, -0.05) is 26.5 Å². The Hall–Kier alpha value is -3.24. The number of halogens is 3. The fourth-order valence-electron chi connectivity index (χ4n) is 2.89. The Bertz CT molecular complexity index is 1000. The zero-order chi connectivity index (χ0) is 24.5. The second-order valence-electron chi connectivity index (χ2n) is 6.69. The molecular weight excluding hydrogens is 439 g/mol. The largest absolute Gasteiger partial charge is 0.445 e. The van der Waals surface area contributed by atoms with Crippen molar-refractivity contribution >= 4 is 23.2 Å². The van der Waals surface area contributed by atoms with E-state index in [2.05, 4.69) is 17.4 Å². The van der Waals surface area contributed by atoms with Crippen molar-refractivity contribution in [2.45, 2.75) is 34.2 Å². The van der Waals surface area contributed by atoms with Gasteiger partial charge in [-0.05, 0) is 37.6 Å². The minimum atomic E-state index is -1.28. The van der Waals surface area contributed by atoms with Crippen LogP contribution in [0, 0.1) is 24.4 Å². The van der Waals surface area contributed by atoms with Crippen LogP contribution in [-0.2, 0) is 21.0 Å². The molecule has 7 nitrogen and oxygen atoms in total. The summed E-state index contributed by atoms with van der Waals surface area (Å²) >= 11 is 0. The van der Waals surface area contributed by atoms with Gasteiger partial charge < -0.3 is 10.1 Å². The van der Waals surface area contributed by atoms with Crippen LogP contribution in [0.5, 0.6) is 0 Å². The van der Waals surface area contributed by atoms with E-state index >= 15 is 4.39 Å². The summed E-state index contributed by atoms with van der Waals surface area (Å²) in [4.78, 5) is 22.0. The average Bonchev–Trinajstić information content (AvgIpc) is 2.81. The van der Waals surface area contributed by atoms with Gasteiger partial charge in [-0.15, -0.1) is 0 Å². The van der Waals surface area contributed by atoms with Crippen LogP contribution in [0.1, 0.15) is 37.5 Å². The number of ether oxygens (including phenoxy) is 1. The molecule has 0 radical (unpaired) electrons. The lowest BCUT2D eigenvalue weighted by Gasteiger charge is -2.26. The number of carbonyl (C=O) groups is 1. The zero-order valence-electron chi connectivity index (χ0n) is 19.1. The predicted octanol–water partition coefficient (Wildman–Crippen LogP) is 5.58. The number of anilines is 2. The number of nitrogens with one attached hydrogen (secondary N) is 2. The maximum absolute atomic E-state index is 15.1. The van der Waals surface area contributed by atoms with Gasteiger partial charge in [0.1, 0.15) is 19.0 Å². The van der Waals surface area contributed by atoms with Crippen LogP contribution in [0.25, 0.3) is 5.70 Å². The van der Waals surface area contributed by atoms with Crippen molar-refractivity contribution in [1.29, 1.82) is 0 Å². The molecule has 180 valence electrons. The van der Waals surface area contributed by atoms with Gasteiger partial charge >= 0.3 is 6.09 Å². The highest BCUT2D eigenvalue weighted by molar-refractivity contribution is 5.78. The molecule has 2 N–H and O–H groups in total. The van der Waals surface area contributed by atoms with Crippen LogP contribution in [0.2, 0.25) is 0 Å². The molecule has 0 bridgehead atoms. The fourth-order valence-corrected chi connectivity index (χ4v) is 2.89. The number of hydrogen-bond acceptors (Lipinski definition) is 6. The number of benzene rings is 2. The summed E-state index contributed by atoms with van der Waals surface area (Å²) in [5.74, 6) is -3.15. The van der Waals surface area contributed by atoms with Crippen molar-refractivity contribution in [3.63, 3.8) is 0 Å². The molecule has 0 unspecified atom stereocenters. The molecular formula is C23H28F3N3O4. The third-order valence-electron chi connectivity index (χ3n) is 4.40. The fraction of sp³-hybridized carbons (Fsp3) is 0.348. The van der Waals surface area contributed by atoms with Crippen molar-refractivity contribution < 1.29 is 32.4 Å². The van der Waals surface area contributed by atoms with Gasteiger partial charge in [0, 0.05) is 11.1 Å². The van der Waals surface area contributed by atoms with E-state index in [9.17, 15) is 13.6 Å². The van der Waals surface area contributed by atoms with Crippen LogP contribution >= 0.6 is 0 Å². The van der Waals surface area contributed by atoms with Crippen molar-refractivity contribution in [2.75, 3.05) is 25.1 Å². The Morgan fingerprint density at radius 2 is 1.91 bits per heavy atom. The van der Waals surface area contributed by atoms with E-state index in [0.717, 1.165) is 5.06 Å². The molecule has 2 aromatic rings. The number of hydroxylamine groups is 3. The molecule has 3 rings (SSSR count). The monoisotopic (exact) mass is 467 g/mol. The van der Waals surface area contributed by atoms with Crippen molar-refractivity contribution in [2.24, 2.45) is 0 Å². The molecule has 0 spiro atoms. The number of amides is 1. The number of carbonyl (C=O) groups excluding carboxylic acids is 1. The van der Waals surface area contributed by atoms with E-state index in [-0.39, 0.29) is 48.0 Å². The van der Waals surface area contributed by atoms with Gasteiger partial charge in [0.2, 0.25) is 0 Å². The Balaban J connectivity index is 0.00000187. The molecule has 1 saturated heterocycles. The highest BCUT2D eigenvalue weighted by Crippen LogP contribution is 2.33. The van der Waals surface area contributed by atoms with Gasteiger partial charge in [-0.25, -0.2) is 18.0 Å². The molecule has 0 atom stereocenters. The first-order valence-corrected chi connectivity index (χ1v) is 10.5. The molecule has 1 fully saturated rings. The van der Waals surface area contributed by atoms with Crippen molar-refractivity contribution in [3.05, 3.63) is 65.0 Å². The standard InChI is InChI=1S/C21H22F3N3O4.C2H6/c1-4-30-26-13(3)15-10-14(11-27-21(28)29-7-8-31-27)18(23)19(24)20(15)25-17-6-5-12(2)9-16(17)22;1-2/h5-6,9-10,25-26H,3-4,7-8,11H2,1-2H3;1-2H3. The van der Waals surface area contributed by atoms with E-state index in [1.165, 1.54) is 18.2 Å². The maximum Gasteiger partial charge on any atom is 0.434 e. The Labute approximate surface area is 191 Å². The van der Waals surface area contributed by atoms with Crippen LogP contribution in [0.3, 0.4) is 0 Å². The lowest BCUT2D eigenvalue weighted by Crippen LogP contribution is -2.38. The lowest BCUT2D eigenvalue weighted by atomic mass is 10.0. The Morgan fingerprint density at radius 1 is 1.18 bits per heavy atom. The summed E-state index contributed by atoms with van der Waals surface area (Å²) in [5, 5.41) is 3.38. The van der Waals surface area contributed by atoms with Crippen LogP contribution < -0.4 is 10.8 Å². The van der Waals surface area contributed by atoms with Gasteiger partial charge in [-0.2, -0.15) is 5.06 Å². The van der Waals surface area contributed by atoms with E-state index in [4.69, 9.17) is 14.4 Å². The van der Waals surface area contributed by atoms with Crippen molar-refractivity contribution in [3.8, 4) is 0 Å². The molecule has 1 amide bonds. The summed E-state index contributed by atoms with van der Waals surface area (Å²) in [6.07, 6.45) is -0.817. The summed E-state index contributed by atoms with van der Waals surface area (Å²) in [7, 11) is 0. The first-order valence-electron chi connectivity index (χ1n) is 10.5. The number of nitrogens with zero attached hydrogens (tertiary/aromatic N) is 1. The summed E-state index contributed by atoms with van der Waals surface area (Å²) in [6, 6.07) is 5.57. The summed E-state index contributed by atoms with van der Waals surface area (Å²) in [6.45, 7) is 11.2. The molecule has 0 aliphatic carbocycles. The molecule has 1 heterocycles. The van der Waals surface area contributed by atoms with Crippen molar-refractivity contribution in [1.82, 2.24) is 10.5 Å². The minimum absolute atomic E-state index is 0.0509. The normalized spacial score (nSPS) is 13.1. The van der Waals surface area contributed by atoms with E-state index in [1.54, 1.807) is 19.9 Å². The van der Waals surface area contributed by atoms with Gasteiger partial charge in [0.05, 0.1) is 30.2 Å². The number of cyclic esters (lactones) is 1. The average molecular weight is 467 g/mol. The van der Waals surface area contributed by atoms with Gasteiger partial charge in [0.15, 0.2) is 11.6 Å². The first kappa shape index (κ1) is 26.0. The van der Waals surface area contributed by atoms with E-state index < -0.39 is 30.1 Å². The number of aryl methyl sites for hydroxylation is 1. The predicted molar refractivity (Wildman–Crippen MR) is 119 cm³/mol.